The van der Waals surface area contributed by atoms with Crippen molar-refractivity contribution in [2.45, 2.75) is 38.9 Å². The maximum Gasteiger partial charge on any atom is 0.153 e. The van der Waals surface area contributed by atoms with Gasteiger partial charge < -0.3 is 9.47 Å². The topological polar surface area (TPSA) is 38.8 Å². The molecule has 1 aromatic rings. The molecule has 0 N–H and O–H groups in total. The van der Waals surface area contributed by atoms with E-state index in [-0.39, 0.29) is 0 Å². The Bertz CT molecular complexity index is 485. The van der Waals surface area contributed by atoms with Crippen LogP contribution in [0, 0.1) is 0 Å². The Labute approximate surface area is 137 Å². The van der Waals surface area contributed by atoms with E-state index in [0.29, 0.717) is 35.2 Å². The molecule has 1 aromatic carbocycles. The van der Waals surface area contributed by atoms with Gasteiger partial charge in [0.1, 0.15) is 5.75 Å². The fraction of sp³-hybridized carbons (Fsp3) is 0.588. The number of morpholine rings is 1. The lowest BCUT2D eigenvalue weighted by Crippen LogP contribution is -2.45. The molecule has 0 aromatic heterocycles. The van der Waals surface area contributed by atoms with E-state index in [2.05, 4.69) is 18.7 Å². The molecule has 1 saturated heterocycles. The Hall–Kier alpha value is -1.10. The van der Waals surface area contributed by atoms with Gasteiger partial charge in [-0.05, 0) is 51.4 Å². The van der Waals surface area contributed by atoms with Crippen molar-refractivity contribution in [3.8, 4) is 5.75 Å². The molecule has 0 spiro atoms. The smallest absolute Gasteiger partial charge is 0.153 e. The van der Waals surface area contributed by atoms with Gasteiger partial charge in [-0.15, -0.1) is 0 Å². The maximum atomic E-state index is 11.0. The van der Waals surface area contributed by atoms with Crippen molar-refractivity contribution in [3.63, 3.8) is 0 Å². The van der Waals surface area contributed by atoms with Crippen LogP contribution in [-0.2, 0) is 4.74 Å². The second-order valence-corrected chi connectivity index (χ2v) is 6.31. The third-order valence-corrected chi connectivity index (χ3v) is 3.96. The molecule has 1 heterocycles. The number of unbranched alkanes of at least 4 members (excludes halogenated alkanes) is 1. The second kappa shape index (κ2) is 8.51. The third kappa shape index (κ3) is 5.27. The summed E-state index contributed by atoms with van der Waals surface area (Å²) in [6, 6.07) is 5.11. The number of benzene rings is 1. The SMILES string of the molecule is C[C@@H]1CN(CCCCOc2ccc(Cl)cc2C=O)C[C@H](C)O1. The first kappa shape index (κ1) is 17.3. The lowest BCUT2D eigenvalue weighted by atomic mass is 10.2. The standard InChI is InChI=1S/C17H24ClNO3/c1-13-10-19(11-14(2)22-13)7-3-4-8-21-17-6-5-16(18)9-15(17)12-20/h5-6,9,12-14H,3-4,7-8,10-11H2,1-2H3/t13-,14+. The van der Waals surface area contributed by atoms with Gasteiger partial charge in [0, 0.05) is 18.1 Å². The average molecular weight is 326 g/mol. The Kier molecular flexibility index (Phi) is 6.68. The summed E-state index contributed by atoms with van der Waals surface area (Å²) in [5, 5.41) is 0.546. The first-order valence-corrected chi connectivity index (χ1v) is 8.21. The van der Waals surface area contributed by atoms with Gasteiger partial charge in [-0.25, -0.2) is 0 Å². The summed E-state index contributed by atoms with van der Waals surface area (Å²) in [6.45, 7) is 7.90. The predicted molar refractivity (Wildman–Crippen MR) is 88.0 cm³/mol. The molecule has 5 heteroatoms. The van der Waals surface area contributed by atoms with Crippen molar-refractivity contribution in [1.29, 1.82) is 0 Å². The summed E-state index contributed by atoms with van der Waals surface area (Å²) in [5.41, 5.74) is 0.503. The fourth-order valence-electron chi connectivity index (χ4n) is 2.83. The minimum Gasteiger partial charge on any atom is -0.493 e. The lowest BCUT2D eigenvalue weighted by Gasteiger charge is -2.35. The number of halogens is 1. The molecule has 4 nitrogen and oxygen atoms in total. The zero-order valence-electron chi connectivity index (χ0n) is 13.3. The summed E-state index contributed by atoms with van der Waals surface area (Å²) in [7, 11) is 0. The first-order chi connectivity index (χ1) is 10.6. The zero-order valence-corrected chi connectivity index (χ0v) is 14.0. The van der Waals surface area contributed by atoms with Crippen LogP contribution in [-0.4, -0.2) is 49.6 Å². The maximum absolute atomic E-state index is 11.0. The van der Waals surface area contributed by atoms with E-state index in [0.717, 1.165) is 38.8 Å². The molecule has 0 saturated carbocycles. The van der Waals surface area contributed by atoms with Crippen LogP contribution in [0.3, 0.4) is 0 Å². The van der Waals surface area contributed by atoms with E-state index in [1.165, 1.54) is 0 Å². The van der Waals surface area contributed by atoms with Gasteiger partial charge in [-0.2, -0.15) is 0 Å². The van der Waals surface area contributed by atoms with E-state index in [1.54, 1.807) is 18.2 Å². The quantitative estimate of drug-likeness (QED) is 0.569. The van der Waals surface area contributed by atoms with Crippen LogP contribution in [0.15, 0.2) is 18.2 Å². The summed E-state index contributed by atoms with van der Waals surface area (Å²) < 4.78 is 11.4. The van der Waals surface area contributed by atoms with Crippen molar-refractivity contribution in [2.75, 3.05) is 26.2 Å². The Morgan fingerprint density at radius 3 is 2.73 bits per heavy atom. The third-order valence-electron chi connectivity index (χ3n) is 3.72. The Morgan fingerprint density at radius 2 is 2.05 bits per heavy atom. The predicted octanol–water partition coefficient (Wildman–Crippen LogP) is 3.42. The summed E-state index contributed by atoms with van der Waals surface area (Å²) in [4.78, 5) is 13.4. The number of aldehydes is 1. The molecule has 22 heavy (non-hydrogen) atoms. The second-order valence-electron chi connectivity index (χ2n) is 5.87. The molecular weight excluding hydrogens is 302 g/mol. The molecule has 0 bridgehead atoms. The molecule has 0 amide bonds. The van der Waals surface area contributed by atoms with Crippen LogP contribution in [0.2, 0.25) is 5.02 Å². The number of nitrogens with zero attached hydrogens (tertiary/aromatic N) is 1. The van der Waals surface area contributed by atoms with Crippen LogP contribution in [0.4, 0.5) is 0 Å². The van der Waals surface area contributed by atoms with E-state index in [1.807, 2.05) is 0 Å². The zero-order chi connectivity index (χ0) is 15.9. The van der Waals surface area contributed by atoms with Gasteiger partial charge >= 0.3 is 0 Å². The van der Waals surface area contributed by atoms with Crippen LogP contribution in [0.25, 0.3) is 0 Å². The number of carbonyl (C=O) groups excluding carboxylic acids is 1. The highest BCUT2D eigenvalue weighted by molar-refractivity contribution is 6.30. The molecule has 2 atom stereocenters. The highest BCUT2D eigenvalue weighted by Crippen LogP contribution is 2.21. The molecule has 0 aliphatic carbocycles. The van der Waals surface area contributed by atoms with Gasteiger partial charge in [-0.3, -0.25) is 9.69 Å². The number of ether oxygens (including phenoxy) is 2. The Balaban J connectivity index is 1.68. The summed E-state index contributed by atoms with van der Waals surface area (Å²) >= 11 is 5.86. The van der Waals surface area contributed by atoms with E-state index in [4.69, 9.17) is 21.1 Å². The van der Waals surface area contributed by atoms with Crippen molar-refractivity contribution in [1.82, 2.24) is 4.90 Å². The van der Waals surface area contributed by atoms with Gasteiger partial charge in [0.25, 0.3) is 0 Å². The lowest BCUT2D eigenvalue weighted by molar-refractivity contribution is -0.0682. The summed E-state index contributed by atoms with van der Waals surface area (Å²) in [5.74, 6) is 0.605. The van der Waals surface area contributed by atoms with Gasteiger partial charge in [0.05, 0.1) is 24.4 Å². The van der Waals surface area contributed by atoms with Crippen LogP contribution >= 0.6 is 11.6 Å². The highest BCUT2D eigenvalue weighted by atomic mass is 35.5. The van der Waals surface area contributed by atoms with Crippen molar-refractivity contribution >= 4 is 17.9 Å². The van der Waals surface area contributed by atoms with E-state index in [9.17, 15) is 4.79 Å². The van der Waals surface area contributed by atoms with Gasteiger partial charge in [0.15, 0.2) is 6.29 Å². The molecule has 1 fully saturated rings. The largest absolute Gasteiger partial charge is 0.493 e. The van der Waals surface area contributed by atoms with Gasteiger partial charge in [-0.1, -0.05) is 11.6 Å². The van der Waals surface area contributed by atoms with Crippen LogP contribution < -0.4 is 4.74 Å². The van der Waals surface area contributed by atoms with E-state index < -0.39 is 0 Å². The van der Waals surface area contributed by atoms with Crippen LogP contribution in [0.5, 0.6) is 5.75 Å². The first-order valence-electron chi connectivity index (χ1n) is 7.84. The molecule has 1 aliphatic rings. The molecular formula is C17H24ClNO3. The summed E-state index contributed by atoms with van der Waals surface area (Å²) in [6.07, 6.45) is 3.43. The number of rotatable bonds is 7. The van der Waals surface area contributed by atoms with Crippen LogP contribution in [0.1, 0.15) is 37.0 Å². The van der Waals surface area contributed by atoms with Gasteiger partial charge in [0.2, 0.25) is 0 Å². The Morgan fingerprint density at radius 1 is 1.32 bits per heavy atom. The monoisotopic (exact) mass is 325 g/mol. The van der Waals surface area contributed by atoms with Crippen molar-refractivity contribution in [3.05, 3.63) is 28.8 Å². The van der Waals surface area contributed by atoms with Crippen molar-refractivity contribution in [2.24, 2.45) is 0 Å². The average Bonchev–Trinajstić information content (AvgIpc) is 2.47. The normalized spacial score (nSPS) is 22.5. The highest BCUT2D eigenvalue weighted by Gasteiger charge is 2.21. The minimum absolute atomic E-state index is 0.309. The molecule has 0 unspecified atom stereocenters. The molecule has 122 valence electrons. The van der Waals surface area contributed by atoms with E-state index >= 15 is 0 Å². The molecule has 1 aliphatic heterocycles. The number of hydrogen-bond acceptors (Lipinski definition) is 4. The number of hydrogen-bond donors (Lipinski definition) is 0. The van der Waals surface area contributed by atoms with Crippen molar-refractivity contribution < 1.29 is 14.3 Å². The minimum atomic E-state index is 0.309. The molecule has 0 radical (unpaired) electrons. The number of carbonyl (C=O) groups is 1. The molecule has 2 rings (SSSR count). The fourth-order valence-corrected chi connectivity index (χ4v) is 3.01.